The molecule has 0 radical (unpaired) electrons. The minimum Gasteiger partial charge on any atom is -0.494 e. The van der Waals surface area contributed by atoms with Gasteiger partial charge in [0.15, 0.2) is 5.78 Å². The van der Waals surface area contributed by atoms with Crippen LogP contribution in [0.1, 0.15) is 88.9 Å². The molecule has 170 valence electrons. The average Bonchev–Trinajstić information content (AvgIpc) is 2.81. The second kappa shape index (κ2) is 14.8. The first kappa shape index (κ1) is 25.1. The van der Waals surface area contributed by atoms with E-state index in [0.29, 0.717) is 12.2 Å². The quantitative estimate of drug-likeness (QED) is 0.203. The molecule has 0 spiro atoms. The number of rotatable bonds is 16. The van der Waals surface area contributed by atoms with Gasteiger partial charge in [-0.05, 0) is 43.0 Å². The van der Waals surface area contributed by atoms with E-state index >= 15 is 0 Å². The van der Waals surface area contributed by atoms with Crippen molar-refractivity contribution in [3.63, 3.8) is 0 Å². The van der Waals surface area contributed by atoms with E-state index in [-0.39, 0.29) is 5.78 Å². The maximum atomic E-state index is 12.6. The highest BCUT2D eigenvalue weighted by Gasteiger charge is 2.15. The van der Waals surface area contributed by atoms with E-state index in [4.69, 9.17) is 9.47 Å². The van der Waals surface area contributed by atoms with Gasteiger partial charge in [0.05, 0.1) is 6.61 Å². The van der Waals surface area contributed by atoms with Crippen molar-refractivity contribution in [2.24, 2.45) is 0 Å². The number of carbonyl (C=O) groups is 1. The van der Waals surface area contributed by atoms with Crippen LogP contribution in [-0.4, -0.2) is 25.1 Å². The van der Waals surface area contributed by atoms with Gasteiger partial charge in [0.1, 0.15) is 11.9 Å². The molecule has 2 aromatic carbocycles. The summed E-state index contributed by atoms with van der Waals surface area (Å²) in [6, 6.07) is 16.0. The van der Waals surface area contributed by atoms with E-state index in [1.165, 1.54) is 32.1 Å². The predicted molar refractivity (Wildman–Crippen MR) is 130 cm³/mol. The number of ether oxygens (including phenoxy) is 2. The van der Waals surface area contributed by atoms with E-state index in [2.05, 4.69) is 26.0 Å². The van der Waals surface area contributed by atoms with Crippen molar-refractivity contribution in [3.05, 3.63) is 54.1 Å². The fourth-order valence-corrected chi connectivity index (χ4v) is 3.57. The molecule has 31 heavy (non-hydrogen) atoms. The maximum absolute atomic E-state index is 12.6. The van der Waals surface area contributed by atoms with Crippen molar-refractivity contribution in [2.45, 2.75) is 84.7 Å². The lowest BCUT2D eigenvalue weighted by Crippen LogP contribution is -2.21. The molecule has 0 heterocycles. The lowest BCUT2D eigenvalue weighted by Gasteiger charge is -2.12. The average molecular weight is 425 g/mol. The Kier molecular flexibility index (Phi) is 12.0. The summed E-state index contributed by atoms with van der Waals surface area (Å²) >= 11 is 0. The van der Waals surface area contributed by atoms with Crippen LogP contribution in [-0.2, 0) is 4.74 Å². The Hall–Kier alpha value is -2.13. The fourth-order valence-electron chi connectivity index (χ4n) is 3.57. The summed E-state index contributed by atoms with van der Waals surface area (Å²) in [5.41, 5.74) is 2.91. The monoisotopic (exact) mass is 424 g/mol. The van der Waals surface area contributed by atoms with Crippen LogP contribution in [0, 0.1) is 0 Å². The zero-order valence-electron chi connectivity index (χ0n) is 19.7. The molecule has 1 atom stereocenters. The van der Waals surface area contributed by atoms with Crippen LogP contribution in [0.4, 0.5) is 0 Å². The zero-order valence-corrected chi connectivity index (χ0v) is 19.7. The molecule has 2 rings (SSSR count). The highest BCUT2D eigenvalue weighted by Crippen LogP contribution is 2.23. The van der Waals surface area contributed by atoms with Crippen molar-refractivity contribution < 1.29 is 14.3 Å². The van der Waals surface area contributed by atoms with Crippen molar-refractivity contribution in [1.82, 2.24) is 0 Å². The van der Waals surface area contributed by atoms with Crippen molar-refractivity contribution in [1.29, 1.82) is 0 Å². The standard InChI is InChI=1S/C28H40O3/c1-4-6-8-9-10-12-22-31-27-19-17-25(18-20-27)24-13-15-26(16-14-24)28(29)23(3)30-21-11-7-5-2/h13-20,23H,4-12,21-22H2,1-3H3. The van der Waals surface area contributed by atoms with Crippen LogP contribution in [0.2, 0.25) is 0 Å². The first-order valence-corrected chi connectivity index (χ1v) is 12.1. The van der Waals surface area contributed by atoms with Gasteiger partial charge in [-0.15, -0.1) is 0 Å². The number of benzene rings is 2. The normalized spacial score (nSPS) is 12.0. The Bertz CT molecular complexity index is 734. The molecule has 0 aliphatic rings. The van der Waals surface area contributed by atoms with Gasteiger partial charge in [0.25, 0.3) is 0 Å². The largest absolute Gasteiger partial charge is 0.494 e. The first-order valence-electron chi connectivity index (χ1n) is 12.1. The number of carbonyl (C=O) groups excluding carboxylic acids is 1. The molecular formula is C28H40O3. The molecule has 0 N–H and O–H groups in total. The first-order chi connectivity index (χ1) is 15.2. The summed E-state index contributed by atoms with van der Waals surface area (Å²) in [5.74, 6) is 0.958. The highest BCUT2D eigenvalue weighted by atomic mass is 16.5. The van der Waals surface area contributed by atoms with Crippen molar-refractivity contribution in [2.75, 3.05) is 13.2 Å². The second-order valence-electron chi connectivity index (χ2n) is 8.30. The summed E-state index contributed by atoms with van der Waals surface area (Å²) in [6.07, 6.45) is 10.5. The van der Waals surface area contributed by atoms with E-state index in [0.717, 1.165) is 49.2 Å². The molecule has 2 aromatic rings. The number of hydrogen-bond donors (Lipinski definition) is 0. The van der Waals surface area contributed by atoms with Gasteiger partial charge in [0, 0.05) is 12.2 Å². The molecule has 0 amide bonds. The molecule has 0 saturated heterocycles. The topological polar surface area (TPSA) is 35.5 Å². The summed E-state index contributed by atoms with van der Waals surface area (Å²) in [4.78, 5) is 12.6. The molecular weight excluding hydrogens is 384 g/mol. The molecule has 0 aromatic heterocycles. The van der Waals surface area contributed by atoms with Crippen LogP contribution >= 0.6 is 0 Å². The molecule has 0 bridgehead atoms. The lowest BCUT2D eigenvalue weighted by molar-refractivity contribution is 0.0465. The summed E-state index contributed by atoms with van der Waals surface area (Å²) in [7, 11) is 0. The Labute approximate surface area is 189 Å². The summed E-state index contributed by atoms with van der Waals surface area (Å²) < 4.78 is 11.6. The Morgan fingerprint density at radius 3 is 1.87 bits per heavy atom. The van der Waals surface area contributed by atoms with Crippen LogP contribution in [0.15, 0.2) is 48.5 Å². The van der Waals surface area contributed by atoms with Gasteiger partial charge >= 0.3 is 0 Å². The molecule has 0 saturated carbocycles. The third kappa shape index (κ3) is 9.26. The van der Waals surface area contributed by atoms with E-state index in [1.54, 1.807) is 0 Å². The fraction of sp³-hybridized carbons (Fsp3) is 0.536. The lowest BCUT2D eigenvalue weighted by atomic mass is 10.0. The minimum absolute atomic E-state index is 0.0430. The van der Waals surface area contributed by atoms with Gasteiger partial charge in [-0.25, -0.2) is 0 Å². The van der Waals surface area contributed by atoms with Gasteiger partial charge in [-0.3, -0.25) is 4.79 Å². The van der Waals surface area contributed by atoms with Gasteiger partial charge < -0.3 is 9.47 Å². The molecule has 1 unspecified atom stereocenters. The van der Waals surface area contributed by atoms with Gasteiger partial charge in [-0.2, -0.15) is 0 Å². The Morgan fingerprint density at radius 1 is 0.710 bits per heavy atom. The third-order valence-electron chi connectivity index (χ3n) is 5.61. The van der Waals surface area contributed by atoms with Crippen molar-refractivity contribution in [3.8, 4) is 16.9 Å². The molecule has 0 aliphatic heterocycles. The van der Waals surface area contributed by atoms with E-state index in [1.807, 2.05) is 43.3 Å². The molecule has 3 nitrogen and oxygen atoms in total. The molecule has 0 fully saturated rings. The SMILES string of the molecule is CCCCCCCCOc1ccc(-c2ccc(C(=O)C(C)OCCCCC)cc2)cc1. The number of hydrogen-bond acceptors (Lipinski definition) is 3. The summed E-state index contributed by atoms with van der Waals surface area (Å²) in [5, 5.41) is 0. The predicted octanol–water partition coefficient (Wildman–Crippen LogP) is 7.87. The molecule has 3 heteroatoms. The van der Waals surface area contributed by atoms with E-state index < -0.39 is 6.10 Å². The van der Waals surface area contributed by atoms with Crippen LogP contribution < -0.4 is 4.74 Å². The van der Waals surface area contributed by atoms with E-state index in [9.17, 15) is 4.79 Å². The third-order valence-corrected chi connectivity index (χ3v) is 5.61. The number of ketones is 1. The highest BCUT2D eigenvalue weighted by molar-refractivity contribution is 5.99. The zero-order chi connectivity index (χ0) is 22.3. The van der Waals surface area contributed by atoms with Crippen LogP contribution in [0.25, 0.3) is 11.1 Å². The molecule has 0 aliphatic carbocycles. The second-order valence-corrected chi connectivity index (χ2v) is 8.30. The van der Waals surface area contributed by atoms with Crippen LogP contribution in [0.3, 0.4) is 0 Å². The van der Waals surface area contributed by atoms with Gasteiger partial charge in [-0.1, -0.05) is 95.2 Å². The Balaban J connectivity index is 1.79. The maximum Gasteiger partial charge on any atom is 0.191 e. The minimum atomic E-state index is -0.397. The van der Waals surface area contributed by atoms with Crippen molar-refractivity contribution >= 4 is 5.78 Å². The smallest absolute Gasteiger partial charge is 0.191 e. The van der Waals surface area contributed by atoms with Crippen LogP contribution in [0.5, 0.6) is 5.75 Å². The van der Waals surface area contributed by atoms with Gasteiger partial charge in [0.2, 0.25) is 0 Å². The number of Topliss-reactive ketones (excluding diaryl/α,β-unsaturated/α-hetero) is 1. The Morgan fingerprint density at radius 2 is 1.23 bits per heavy atom. The number of unbranched alkanes of at least 4 members (excludes halogenated alkanes) is 7. The summed E-state index contributed by atoms with van der Waals surface area (Å²) in [6.45, 7) is 7.67.